The Balaban J connectivity index is 1.98. The molecule has 2 aromatic carbocycles. The Hall–Kier alpha value is -2.24. The number of hydrogen-bond acceptors (Lipinski definition) is 3. The van der Waals surface area contributed by atoms with Crippen LogP contribution in [-0.4, -0.2) is 27.8 Å². The molecule has 3 aromatic rings. The molecule has 0 saturated heterocycles. The predicted octanol–water partition coefficient (Wildman–Crippen LogP) is 4.48. The summed E-state index contributed by atoms with van der Waals surface area (Å²) in [5.74, 6) is -0.0164. The third-order valence-electron chi connectivity index (χ3n) is 4.04. The number of aromatic nitrogens is 2. The highest BCUT2D eigenvalue weighted by Gasteiger charge is 2.19. The fourth-order valence-electron chi connectivity index (χ4n) is 2.64. The van der Waals surface area contributed by atoms with Crippen LogP contribution in [-0.2, 0) is 11.3 Å². The van der Waals surface area contributed by atoms with Crippen LogP contribution in [0.25, 0.3) is 11.3 Å². The van der Waals surface area contributed by atoms with Crippen molar-refractivity contribution in [1.82, 2.24) is 14.9 Å². The van der Waals surface area contributed by atoms with E-state index in [0.29, 0.717) is 11.6 Å². The molecule has 0 radical (unpaired) electrons. The zero-order valence-electron chi connectivity index (χ0n) is 14.6. The van der Waals surface area contributed by atoms with Crippen molar-refractivity contribution in [2.75, 3.05) is 7.05 Å². The molecule has 1 unspecified atom stereocenters. The Labute approximate surface area is 162 Å². The van der Waals surface area contributed by atoms with E-state index in [-0.39, 0.29) is 11.2 Å². The molecule has 0 bridgehead atoms. The number of benzene rings is 2. The first-order chi connectivity index (χ1) is 12.6. The number of hydrogen-bond donors (Lipinski definition) is 1. The summed E-state index contributed by atoms with van der Waals surface area (Å²) in [4.78, 5) is 16.5. The molecule has 134 valence electrons. The van der Waals surface area contributed by atoms with E-state index in [2.05, 4.69) is 27.0 Å². The van der Waals surface area contributed by atoms with E-state index >= 15 is 0 Å². The Bertz CT molecular complexity index is 878. The summed E-state index contributed by atoms with van der Waals surface area (Å²) < 4.78 is 2.14. The van der Waals surface area contributed by atoms with Crippen LogP contribution in [0, 0.1) is 0 Å². The number of carbonyl (C=O) groups excluding carboxylic acids is 1. The SMILES string of the molecule is CNC(=O)C(C)Sc1ncc(-c2ccc(Cl)cc2)n1Cc1ccccc1. The first kappa shape index (κ1) is 18.5. The fourth-order valence-corrected chi connectivity index (χ4v) is 3.71. The lowest BCUT2D eigenvalue weighted by molar-refractivity contribution is -0.119. The number of nitrogens with one attached hydrogen (secondary N) is 1. The maximum absolute atomic E-state index is 11.9. The molecule has 6 heteroatoms. The molecule has 0 aliphatic carbocycles. The number of rotatable bonds is 6. The molecule has 1 amide bonds. The van der Waals surface area contributed by atoms with E-state index in [1.165, 1.54) is 17.3 Å². The van der Waals surface area contributed by atoms with Crippen LogP contribution in [0.3, 0.4) is 0 Å². The average Bonchev–Trinajstić information content (AvgIpc) is 3.04. The summed E-state index contributed by atoms with van der Waals surface area (Å²) in [5.41, 5.74) is 3.21. The lowest BCUT2D eigenvalue weighted by atomic mass is 10.1. The molecule has 1 atom stereocenters. The minimum atomic E-state index is -0.227. The summed E-state index contributed by atoms with van der Waals surface area (Å²) in [7, 11) is 1.65. The second-order valence-corrected chi connectivity index (χ2v) is 7.62. The second kappa shape index (κ2) is 8.43. The average molecular weight is 386 g/mol. The summed E-state index contributed by atoms with van der Waals surface area (Å²) in [5, 5.41) is 3.97. The van der Waals surface area contributed by atoms with Gasteiger partial charge in [-0.3, -0.25) is 4.79 Å². The number of imidazole rings is 1. The van der Waals surface area contributed by atoms with Crippen molar-refractivity contribution in [3.05, 3.63) is 71.4 Å². The van der Waals surface area contributed by atoms with Gasteiger partial charge in [0.15, 0.2) is 5.16 Å². The number of thioether (sulfide) groups is 1. The molecule has 0 fully saturated rings. The van der Waals surface area contributed by atoms with Gasteiger partial charge in [0, 0.05) is 12.1 Å². The lowest BCUT2D eigenvalue weighted by Gasteiger charge is -2.14. The van der Waals surface area contributed by atoms with Gasteiger partial charge >= 0.3 is 0 Å². The van der Waals surface area contributed by atoms with Gasteiger partial charge in [-0.15, -0.1) is 0 Å². The van der Waals surface area contributed by atoms with Gasteiger partial charge in [0.1, 0.15) is 0 Å². The van der Waals surface area contributed by atoms with Gasteiger partial charge in [-0.2, -0.15) is 0 Å². The summed E-state index contributed by atoms with van der Waals surface area (Å²) in [6, 6.07) is 17.9. The van der Waals surface area contributed by atoms with Crippen molar-refractivity contribution in [2.24, 2.45) is 0 Å². The monoisotopic (exact) mass is 385 g/mol. The molecule has 0 aliphatic rings. The van der Waals surface area contributed by atoms with Crippen LogP contribution in [0.4, 0.5) is 0 Å². The molecule has 0 aliphatic heterocycles. The molecule has 0 spiro atoms. The number of amides is 1. The Kier molecular flexibility index (Phi) is 6.01. The van der Waals surface area contributed by atoms with E-state index in [0.717, 1.165) is 16.4 Å². The lowest BCUT2D eigenvalue weighted by Crippen LogP contribution is -2.27. The Morgan fingerprint density at radius 2 is 1.88 bits per heavy atom. The Morgan fingerprint density at radius 1 is 1.19 bits per heavy atom. The molecule has 4 nitrogen and oxygen atoms in total. The van der Waals surface area contributed by atoms with Crippen LogP contribution in [0.5, 0.6) is 0 Å². The molecule has 3 rings (SSSR count). The highest BCUT2D eigenvalue weighted by molar-refractivity contribution is 8.00. The van der Waals surface area contributed by atoms with Crippen LogP contribution in [0.15, 0.2) is 66.0 Å². The van der Waals surface area contributed by atoms with Gasteiger partial charge in [-0.25, -0.2) is 4.98 Å². The molecular formula is C20H20ClN3OS. The van der Waals surface area contributed by atoms with Crippen LogP contribution in [0.1, 0.15) is 12.5 Å². The third kappa shape index (κ3) is 4.29. The van der Waals surface area contributed by atoms with Crippen molar-refractivity contribution >= 4 is 29.3 Å². The summed E-state index contributed by atoms with van der Waals surface area (Å²) >= 11 is 7.48. The van der Waals surface area contributed by atoms with E-state index in [9.17, 15) is 4.79 Å². The zero-order chi connectivity index (χ0) is 18.5. The number of halogens is 1. The molecule has 0 saturated carbocycles. The highest BCUT2D eigenvalue weighted by atomic mass is 35.5. The van der Waals surface area contributed by atoms with E-state index in [1.54, 1.807) is 7.05 Å². The van der Waals surface area contributed by atoms with E-state index < -0.39 is 0 Å². The molecule has 26 heavy (non-hydrogen) atoms. The molecular weight excluding hydrogens is 366 g/mol. The smallest absolute Gasteiger partial charge is 0.233 e. The number of carbonyl (C=O) groups is 1. The predicted molar refractivity (Wildman–Crippen MR) is 108 cm³/mol. The van der Waals surface area contributed by atoms with E-state index in [4.69, 9.17) is 11.6 Å². The highest BCUT2D eigenvalue weighted by Crippen LogP contribution is 2.30. The van der Waals surface area contributed by atoms with Crippen LogP contribution >= 0.6 is 23.4 Å². The molecule has 1 aromatic heterocycles. The quantitative estimate of drug-likeness (QED) is 0.636. The fraction of sp³-hybridized carbons (Fsp3) is 0.200. The van der Waals surface area contributed by atoms with Gasteiger partial charge in [0.05, 0.1) is 23.7 Å². The van der Waals surface area contributed by atoms with Gasteiger partial charge in [0.2, 0.25) is 5.91 Å². The maximum atomic E-state index is 11.9. The maximum Gasteiger partial charge on any atom is 0.233 e. The summed E-state index contributed by atoms with van der Waals surface area (Å²) in [6.45, 7) is 2.56. The first-order valence-corrected chi connectivity index (χ1v) is 9.58. The second-order valence-electron chi connectivity index (χ2n) is 5.88. The summed E-state index contributed by atoms with van der Waals surface area (Å²) in [6.07, 6.45) is 1.85. The normalized spacial score (nSPS) is 12.0. The minimum absolute atomic E-state index is 0.0164. The molecule has 1 heterocycles. The van der Waals surface area contributed by atoms with Gasteiger partial charge in [-0.1, -0.05) is 65.8 Å². The minimum Gasteiger partial charge on any atom is -0.358 e. The van der Waals surface area contributed by atoms with Crippen molar-refractivity contribution < 1.29 is 4.79 Å². The van der Waals surface area contributed by atoms with Crippen molar-refractivity contribution in [2.45, 2.75) is 23.9 Å². The van der Waals surface area contributed by atoms with Gasteiger partial charge in [-0.05, 0) is 30.2 Å². The van der Waals surface area contributed by atoms with Crippen LogP contribution < -0.4 is 5.32 Å². The molecule has 1 N–H and O–H groups in total. The standard InChI is InChI=1S/C20H20ClN3OS/c1-14(19(25)22-2)26-20-23-12-18(16-8-10-17(21)11-9-16)24(20)13-15-6-4-3-5-7-15/h3-12,14H,13H2,1-2H3,(H,22,25). The van der Waals surface area contributed by atoms with Gasteiger partial charge < -0.3 is 9.88 Å². The van der Waals surface area contributed by atoms with Crippen molar-refractivity contribution in [3.63, 3.8) is 0 Å². The Morgan fingerprint density at radius 3 is 2.54 bits per heavy atom. The largest absolute Gasteiger partial charge is 0.358 e. The number of nitrogens with zero attached hydrogens (tertiary/aromatic N) is 2. The van der Waals surface area contributed by atoms with Crippen LogP contribution in [0.2, 0.25) is 5.02 Å². The first-order valence-electron chi connectivity index (χ1n) is 8.32. The zero-order valence-corrected chi connectivity index (χ0v) is 16.2. The van der Waals surface area contributed by atoms with Crippen molar-refractivity contribution in [1.29, 1.82) is 0 Å². The van der Waals surface area contributed by atoms with Crippen molar-refractivity contribution in [3.8, 4) is 11.3 Å². The van der Waals surface area contributed by atoms with Gasteiger partial charge in [0.25, 0.3) is 0 Å². The topological polar surface area (TPSA) is 46.9 Å². The van der Waals surface area contributed by atoms with E-state index in [1.807, 2.05) is 55.6 Å². The third-order valence-corrected chi connectivity index (χ3v) is 5.40.